The number of hydrogen-bond acceptors (Lipinski definition) is 4. The van der Waals surface area contributed by atoms with E-state index in [1.54, 1.807) is 6.92 Å². The highest BCUT2D eigenvalue weighted by Gasteiger charge is 2.17. The molecule has 0 fully saturated rings. The summed E-state index contributed by atoms with van der Waals surface area (Å²) in [6.45, 7) is 5.85. The van der Waals surface area contributed by atoms with Crippen molar-refractivity contribution in [2.75, 3.05) is 6.54 Å². The van der Waals surface area contributed by atoms with Crippen LogP contribution >= 0.6 is 0 Å². The van der Waals surface area contributed by atoms with Gasteiger partial charge >= 0.3 is 0 Å². The molecule has 0 aliphatic rings. The summed E-state index contributed by atoms with van der Waals surface area (Å²) in [5.41, 5.74) is 1.54. The van der Waals surface area contributed by atoms with Crippen LogP contribution in [0.1, 0.15) is 29.8 Å². The first-order valence-corrected chi connectivity index (χ1v) is 7.80. The van der Waals surface area contributed by atoms with Gasteiger partial charge in [0.15, 0.2) is 0 Å². The van der Waals surface area contributed by atoms with Crippen LogP contribution in [0, 0.1) is 6.92 Å². The van der Waals surface area contributed by atoms with Crippen molar-refractivity contribution < 1.29 is 18.7 Å². The third kappa shape index (κ3) is 5.15. The monoisotopic (exact) mass is 330 g/mol. The number of nitrogens with one attached hydrogen (secondary N) is 2. The molecule has 24 heavy (non-hydrogen) atoms. The number of furan rings is 1. The first-order valence-electron chi connectivity index (χ1n) is 7.80. The lowest BCUT2D eigenvalue weighted by atomic mass is 10.2. The zero-order valence-corrected chi connectivity index (χ0v) is 14.0. The molecule has 2 atom stereocenters. The molecule has 1 aromatic heterocycles. The summed E-state index contributed by atoms with van der Waals surface area (Å²) >= 11 is 0. The largest absolute Gasteiger partial charge is 0.489 e. The van der Waals surface area contributed by atoms with Crippen molar-refractivity contribution in [3.05, 3.63) is 54.0 Å². The molecule has 2 rings (SSSR count). The maximum absolute atomic E-state index is 12.0. The van der Waals surface area contributed by atoms with Gasteiger partial charge in [-0.2, -0.15) is 0 Å². The van der Waals surface area contributed by atoms with Crippen LogP contribution in [0.4, 0.5) is 0 Å². The molecular weight excluding hydrogens is 308 g/mol. The Bertz CT molecular complexity index is 665. The molecular formula is C18H22N2O4. The predicted molar refractivity (Wildman–Crippen MR) is 89.9 cm³/mol. The van der Waals surface area contributed by atoms with E-state index in [0.29, 0.717) is 12.1 Å². The van der Waals surface area contributed by atoms with Gasteiger partial charge in [0, 0.05) is 0 Å². The summed E-state index contributed by atoms with van der Waals surface area (Å²) in [6.07, 6.45) is 2.55. The van der Waals surface area contributed by atoms with Gasteiger partial charge in [-0.05, 0) is 39.0 Å². The summed E-state index contributed by atoms with van der Waals surface area (Å²) in [5, 5.41) is 5.37. The highest BCUT2D eigenvalue weighted by Crippen LogP contribution is 2.13. The van der Waals surface area contributed by atoms with E-state index in [1.165, 1.54) is 18.6 Å². The Morgan fingerprint density at radius 3 is 2.50 bits per heavy atom. The SMILES string of the molecule is Cc1ccc(O[C@H](C)CNC(=O)[C@H](C)NC(=O)c2ccoc2)cc1. The molecule has 0 aliphatic heterocycles. The number of ether oxygens (including phenoxy) is 1. The van der Waals surface area contributed by atoms with E-state index in [-0.39, 0.29) is 17.9 Å². The second-order valence-electron chi connectivity index (χ2n) is 5.69. The first kappa shape index (κ1) is 17.6. The number of carbonyl (C=O) groups is 2. The Kier molecular flexibility index (Phi) is 6.01. The minimum Gasteiger partial charge on any atom is -0.489 e. The molecule has 1 heterocycles. The van der Waals surface area contributed by atoms with E-state index in [1.807, 2.05) is 38.1 Å². The predicted octanol–water partition coefficient (Wildman–Crippen LogP) is 2.29. The third-order valence-corrected chi connectivity index (χ3v) is 3.45. The summed E-state index contributed by atoms with van der Waals surface area (Å²) < 4.78 is 10.6. The quantitative estimate of drug-likeness (QED) is 0.816. The number of aryl methyl sites for hydroxylation is 1. The van der Waals surface area contributed by atoms with Crippen molar-refractivity contribution >= 4 is 11.8 Å². The van der Waals surface area contributed by atoms with Crippen LogP contribution in [0.15, 0.2) is 47.3 Å². The van der Waals surface area contributed by atoms with Gasteiger partial charge in [-0.3, -0.25) is 9.59 Å². The molecule has 0 aliphatic carbocycles. The number of amides is 2. The van der Waals surface area contributed by atoms with Gasteiger partial charge in [0.2, 0.25) is 5.91 Å². The number of benzene rings is 1. The van der Waals surface area contributed by atoms with E-state index in [9.17, 15) is 9.59 Å². The third-order valence-electron chi connectivity index (χ3n) is 3.45. The molecule has 6 heteroatoms. The second-order valence-corrected chi connectivity index (χ2v) is 5.69. The average molecular weight is 330 g/mol. The molecule has 0 saturated heterocycles. The van der Waals surface area contributed by atoms with Crippen molar-refractivity contribution in [3.8, 4) is 5.75 Å². The van der Waals surface area contributed by atoms with Gasteiger partial charge in [-0.15, -0.1) is 0 Å². The molecule has 0 saturated carbocycles. The minimum absolute atomic E-state index is 0.187. The van der Waals surface area contributed by atoms with Crippen molar-refractivity contribution in [3.63, 3.8) is 0 Å². The molecule has 128 valence electrons. The zero-order chi connectivity index (χ0) is 17.5. The fraction of sp³-hybridized carbons (Fsp3) is 0.333. The molecule has 0 radical (unpaired) electrons. The van der Waals surface area contributed by atoms with Crippen LogP contribution in [-0.4, -0.2) is 30.5 Å². The normalized spacial score (nSPS) is 13.0. The molecule has 0 bridgehead atoms. The van der Waals surface area contributed by atoms with Gasteiger partial charge in [0.1, 0.15) is 24.2 Å². The van der Waals surface area contributed by atoms with Crippen LogP contribution in [0.3, 0.4) is 0 Å². The van der Waals surface area contributed by atoms with Crippen LogP contribution in [0.2, 0.25) is 0 Å². The smallest absolute Gasteiger partial charge is 0.255 e. The van der Waals surface area contributed by atoms with E-state index in [0.717, 1.165) is 11.3 Å². The van der Waals surface area contributed by atoms with Crippen LogP contribution in [0.25, 0.3) is 0 Å². The topological polar surface area (TPSA) is 80.6 Å². The van der Waals surface area contributed by atoms with Crippen molar-refractivity contribution in [2.45, 2.75) is 32.9 Å². The standard InChI is InChI=1S/C18H22N2O4/c1-12-4-6-16(7-5-12)24-13(2)10-19-17(21)14(3)20-18(22)15-8-9-23-11-15/h4-9,11,13-14H,10H2,1-3H3,(H,19,21)(H,20,22)/t13-,14+/m1/s1. The highest BCUT2D eigenvalue weighted by molar-refractivity contribution is 5.97. The lowest BCUT2D eigenvalue weighted by Crippen LogP contribution is -2.46. The Morgan fingerprint density at radius 1 is 1.17 bits per heavy atom. The van der Waals surface area contributed by atoms with E-state index >= 15 is 0 Å². The summed E-state index contributed by atoms with van der Waals surface area (Å²) in [5.74, 6) is 0.130. The Hall–Kier alpha value is -2.76. The van der Waals surface area contributed by atoms with Crippen LogP contribution in [-0.2, 0) is 4.79 Å². The lowest BCUT2D eigenvalue weighted by molar-refractivity contribution is -0.122. The molecule has 2 amide bonds. The fourth-order valence-electron chi connectivity index (χ4n) is 2.03. The van der Waals surface area contributed by atoms with Crippen molar-refractivity contribution in [1.82, 2.24) is 10.6 Å². The van der Waals surface area contributed by atoms with Gasteiger partial charge in [-0.1, -0.05) is 17.7 Å². The van der Waals surface area contributed by atoms with Crippen molar-refractivity contribution in [1.29, 1.82) is 0 Å². The van der Waals surface area contributed by atoms with E-state index < -0.39 is 6.04 Å². The molecule has 2 aromatic rings. The number of carbonyl (C=O) groups excluding carboxylic acids is 2. The summed E-state index contributed by atoms with van der Waals surface area (Å²) in [7, 11) is 0. The van der Waals surface area contributed by atoms with Crippen LogP contribution in [0.5, 0.6) is 5.75 Å². The fourth-order valence-corrected chi connectivity index (χ4v) is 2.03. The lowest BCUT2D eigenvalue weighted by Gasteiger charge is -2.18. The molecule has 1 aromatic carbocycles. The maximum atomic E-state index is 12.0. The summed E-state index contributed by atoms with van der Waals surface area (Å²) in [6, 6.07) is 8.60. The minimum atomic E-state index is -0.654. The Balaban J connectivity index is 1.75. The zero-order valence-electron chi connectivity index (χ0n) is 14.0. The van der Waals surface area contributed by atoms with Gasteiger partial charge in [0.05, 0.1) is 18.4 Å². The average Bonchev–Trinajstić information content (AvgIpc) is 3.09. The molecule has 6 nitrogen and oxygen atoms in total. The van der Waals surface area contributed by atoms with Gasteiger partial charge < -0.3 is 19.8 Å². The number of hydrogen-bond donors (Lipinski definition) is 2. The highest BCUT2D eigenvalue weighted by atomic mass is 16.5. The summed E-state index contributed by atoms with van der Waals surface area (Å²) in [4.78, 5) is 23.9. The second kappa shape index (κ2) is 8.19. The van der Waals surface area contributed by atoms with E-state index in [2.05, 4.69) is 10.6 Å². The Morgan fingerprint density at radius 2 is 1.88 bits per heavy atom. The van der Waals surface area contributed by atoms with Gasteiger partial charge in [-0.25, -0.2) is 0 Å². The molecule has 2 N–H and O–H groups in total. The Labute approximate surface area is 141 Å². The first-order chi connectivity index (χ1) is 11.5. The van der Waals surface area contributed by atoms with Crippen molar-refractivity contribution in [2.24, 2.45) is 0 Å². The van der Waals surface area contributed by atoms with Gasteiger partial charge in [0.25, 0.3) is 5.91 Å². The number of rotatable bonds is 7. The maximum Gasteiger partial charge on any atom is 0.255 e. The molecule has 0 spiro atoms. The van der Waals surface area contributed by atoms with Crippen LogP contribution < -0.4 is 15.4 Å². The molecule has 0 unspecified atom stereocenters. The van der Waals surface area contributed by atoms with E-state index in [4.69, 9.17) is 9.15 Å².